The molecule has 6 rings (SSSR count). The van der Waals surface area contributed by atoms with Crippen LogP contribution in [0.3, 0.4) is 0 Å². The number of amides is 2. The Morgan fingerprint density at radius 1 is 1.06 bits per heavy atom. The Morgan fingerprint density at radius 3 is 2.71 bits per heavy atom. The fourth-order valence-electron chi connectivity index (χ4n) is 3.78. The van der Waals surface area contributed by atoms with E-state index in [1.807, 2.05) is 24.3 Å². The van der Waals surface area contributed by atoms with E-state index >= 15 is 0 Å². The molecule has 1 aliphatic carbocycles. The first-order valence-corrected chi connectivity index (χ1v) is 11.7. The summed E-state index contributed by atoms with van der Waals surface area (Å²) >= 11 is 1.43. The van der Waals surface area contributed by atoms with Crippen LogP contribution < -0.4 is 16.0 Å². The molecule has 10 heteroatoms. The van der Waals surface area contributed by atoms with E-state index in [9.17, 15) is 9.59 Å². The zero-order valence-corrected chi connectivity index (χ0v) is 18.7. The maximum Gasteiger partial charge on any atom is 0.257 e. The van der Waals surface area contributed by atoms with Crippen molar-refractivity contribution in [2.45, 2.75) is 25.2 Å². The molecule has 9 nitrogen and oxygen atoms in total. The molecule has 0 unspecified atom stereocenters. The molecule has 1 saturated carbocycles. The second-order valence-corrected chi connectivity index (χ2v) is 9.22. The highest BCUT2D eigenvalue weighted by Gasteiger charge is 2.28. The summed E-state index contributed by atoms with van der Waals surface area (Å²) in [6.07, 6.45) is 4.18. The van der Waals surface area contributed by atoms with Crippen molar-refractivity contribution in [3.05, 3.63) is 70.9 Å². The van der Waals surface area contributed by atoms with Gasteiger partial charge in [0.2, 0.25) is 17.0 Å². The maximum atomic E-state index is 12.6. The van der Waals surface area contributed by atoms with Gasteiger partial charge in [-0.25, -0.2) is 9.97 Å². The van der Waals surface area contributed by atoms with Crippen LogP contribution in [0.1, 0.15) is 39.7 Å². The zero-order chi connectivity index (χ0) is 23.1. The Kier molecular flexibility index (Phi) is 4.99. The molecule has 3 N–H and O–H groups in total. The molecule has 0 spiro atoms. The molecule has 0 radical (unpaired) electrons. The van der Waals surface area contributed by atoms with Gasteiger partial charge in [-0.05, 0) is 43.2 Å². The average Bonchev–Trinajstić information content (AvgIpc) is 3.61. The molecule has 0 saturated heterocycles. The van der Waals surface area contributed by atoms with Crippen molar-refractivity contribution < 1.29 is 9.59 Å². The summed E-state index contributed by atoms with van der Waals surface area (Å²) < 4.78 is 0. The van der Waals surface area contributed by atoms with Crippen molar-refractivity contribution in [2.24, 2.45) is 0 Å². The topological polar surface area (TPSA) is 122 Å². The van der Waals surface area contributed by atoms with Crippen LogP contribution in [-0.4, -0.2) is 32.0 Å². The Balaban J connectivity index is 1.18. The van der Waals surface area contributed by atoms with Gasteiger partial charge in [0.25, 0.3) is 5.91 Å². The number of nitrogens with one attached hydrogen (secondary N) is 3. The van der Waals surface area contributed by atoms with Gasteiger partial charge in [0.1, 0.15) is 5.01 Å². The summed E-state index contributed by atoms with van der Waals surface area (Å²) in [6.45, 7) is 0. The number of benzene rings is 2. The lowest BCUT2D eigenvalue weighted by Gasteiger charge is -2.10. The van der Waals surface area contributed by atoms with Crippen molar-refractivity contribution >= 4 is 45.6 Å². The van der Waals surface area contributed by atoms with E-state index in [0.717, 1.165) is 40.4 Å². The van der Waals surface area contributed by atoms with Crippen LogP contribution in [0.15, 0.2) is 54.7 Å². The molecule has 2 aromatic carbocycles. The molecule has 3 heterocycles. The maximum absolute atomic E-state index is 12.6. The summed E-state index contributed by atoms with van der Waals surface area (Å²) in [6, 6.07) is 14.6. The van der Waals surface area contributed by atoms with E-state index in [0.29, 0.717) is 28.3 Å². The van der Waals surface area contributed by atoms with Gasteiger partial charge in [0, 0.05) is 34.5 Å². The van der Waals surface area contributed by atoms with Crippen molar-refractivity contribution in [3.63, 3.8) is 0 Å². The second kappa shape index (κ2) is 8.31. The molecule has 168 valence electrons. The van der Waals surface area contributed by atoms with E-state index in [1.54, 1.807) is 30.5 Å². The summed E-state index contributed by atoms with van der Waals surface area (Å²) in [4.78, 5) is 33.8. The fourth-order valence-corrected chi connectivity index (χ4v) is 4.69. The van der Waals surface area contributed by atoms with Gasteiger partial charge in [-0.1, -0.05) is 29.5 Å². The molecular formula is C24H19N7O2S. The number of anilines is 4. The van der Waals surface area contributed by atoms with Crippen LogP contribution in [0.5, 0.6) is 0 Å². The van der Waals surface area contributed by atoms with E-state index in [-0.39, 0.29) is 18.2 Å². The predicted octanol–water partition coefficient (Wildman–Crippen LogP) is 4.36. The normalized spacial score (nSPS) is 14.4. The third-order valence-corrected chi connectivity index (χ3v) is 6.66. The van der Waals surface area contributed by atoms with Crippen LogP contribution in [0.2, 0.25) is 0 Å². The van der Waals surface area contributed by atoms with Crippen molar-refractivity contribution in [2.75, 3.05) is 16.0 Å². The Labute approximate surface area is 198 Å². The van der Waals surface area contributed by atoms with E-state index < -0.39 is 0 Å². The van der Waals surface area contributed by atoms with Gasteiger partial charge < -0.3 is 10.6 Å². The number of nitrogens with zero attached hydrogens (tertiary/aromatic N) is 4. The minimum Gasteiger partial charge on any atom is -0.325 e. The molecule has 4 aromatic rings. The molecule has 34 heavy (non-hydrogen) atoms. The standard InChI is InChI=1S/C24H19N7O2S/c32-19-11-15-12-25-23(28-20(15)17-3-1-2-4-18(17)27-19)26-16-9-7-13(8-10-16)21(33)29-24-31-30-22(34-24)14-5-6-14/h1-4,7-10,12,14H,5-6,11H2,(H,27,32)(H,25,26,28)(H,29,31,33). The molecule has 2 aliphatic rings. The highest BCUT2D eigenvalue weighted by Crippen LogP contribution is 2.42. The largest absolute Gasteiger partial charge is 0.325 e. The number of hydrogen-bond donors (Lipinski definition) is 3. The van der Waals surface area contributed by atoms with Gasteiger partial charge in [0.05, 0.1) is 17.8 Å². The lowest BCUT2D eigenvalue weighted by atomic mass is 10.1. The van der Waals surface area contributed by atoms with Crippen molar-refractivity contribution in [1.82, 2.24) is 20.2 Å². The molecule has 2 amide bonds. The summed E-state index contributed by atoms with van der Waals surface area (Å²) in [5, 5.41) is 18.6. The highest BCUT2D eigenvalue weighted by molar-refractivity contribution is 7.15. The van der Waals surface area contributed by atoms with Crippen LogP contribution >= 0.6 is 11.3 Å². The van der Waals surface area contributed by atoms with Gasteiger partial charge in [0.15, 0.2) is 0 Å². The minimum absolute atomic E-state index is 0.0957. The Hall–Kier alpha value is -4.18. The fraction of sp³-hybridized carbons (Fsp3) is 0.167. The second-order valence-electron chi connectivity index (χ2n) is 8.21. The molecule has 0 atom stereocenters. The number of carbonyl (C=O) groups is 2. The molecular weight excluding hydrogens is 450 g/mol. The van der Waals surface area contributed by atoms with Gasteiger partial charge in [-0.3, -0.25) is 14.9 Å². The summed E-state index contributed by atoms with van der Waals surface area (Å²) in [5.41, 5.74) is 4.30. The average molecular weight is 470 g/mol. The van der Waals surface area contributed by atoms with Gasteiger partial charge in [-0.15, -0.1) is 10.2 Å². The summed E-state index contributed by atoms with van der Waals surface area (Å²) in [5.74, 6) is 0.581. The Bertz CT molecular complexity index is 1410. The van der Waals surface area contributed by atoms with E-state index in [2.05, 4.69) is 36.1 Å². The molecule has 1 aliphatic heterocycles. The number of rotatable bonds is 5. The first kappa shape index (κ1) is 20.4. The predicted molar refractivity (Wildman–Crippen MR) is 129 cm³/mol. The quantitative estimate of drug-likeness (QED) is 0.397. The molecule has 1 fully saturated rings. The van der Waals surface area contributed by atoms with Gasteiger partial charge >= 0.3 is 0 Å². The number of carbonyl (C=O) groups excluding carboxylic acids is 2. The van der Waals surface area contributed by atoms with Gasteiger partial charge in [-0.2, -0.15) is 0 Å². The third-order valence-electron chi connectivity index (χ3n) is 5.66. The zero-order valence-electron chi connectivity index (χ0n) is 17.9. The number of para-hydroxylation sites is 1. The lowest BCUT2D eigenvalue weighted by molar-refractivity contribution is -0.115. The highest BCUT2D eigenvalue weighted by atomic mass is 32.1. The smallest absolute Gasteiger partial charge is 0.257 e. The SMILES string of the molecule is O=C1Cc2cnc(Nc3ccc(C(=O)Nc4nnc(C5CC5)s4)cc3)nc2-c2ccccc2N1. The first-order valence-electron chi connectivity index (χ1n) is 10.9. The number of fused-ring (bicyclic) bond motifs is 3. The van der Waals surface area contributed by atoms with Crippen LogP contribution in [-0.2, 0) is 11.2 Å². The van der Waals surface area contributed by atoms with Crippen LogP contribution in [0.4, 0.5) is 22.5 Å². The summed E-state index contributed by atoms with van der Waals surface area (Å²) in [7, 11) is 0. The first-order chi connectivity index (χ1) is 16.6. The van der Waals surface area contributed by atoms with E-state index in [4.69, 9.17) is 0 Å². The Morgan fingerprint density at radius 2 is 1.88 bits per heavy atom. The van der Waals surface area contributed by atoms with Crippen LogP contribution in [0, 0.1) is 0 Å². The molecule has 2 aromatic heterocycles. The van der Waals surface area contributed by atoms with Crippen LogP contribution in [0.25, 0.3) is 11.3 Å². The monoisotopic (exact) mass is 469 g/mol. The number of hydrogen-bond acceptors (Lipinski definition) is 8. The van der Waals surface area contributed by atoms with E-state index in [1.165, 1.54) is 11.3 Å². The lowest BCUT2D eigenvalue weighted by Crippen LogP contribution is -2.12. The third kappa shape index (κ3) is 4.11. The van der Waals surface area contributed by atoms with Crippen molar-refractivity contribution in [1.29, 1.82) is 0 Å². The number of aromatic nitrogens is 4. The molecule has 0 bridgehead atoms. The van der Waals surface area contributed by atoms with Crippen molar-refractivity contribution in [3.8, 4) is 11.3 Å². The minimum atomic E-state index is -0.236.